The van der Waals surface area contributed by atoms with Gasteiger partial charge in [-0.25, -0.2) is 0 Å². The zero-order chi connectivity index (χ0) is 7.00. The van der Waals surface area contributed by atoms with Gasteiger partial charge >= 0.3 is 38.0 Å². The van der Waals surface area contributed by atoms with Crippen LogP contribution in [-0.2, 0) is 32.5 Å². The van der Waals surface area contributed by atoms with Crippen molar-refractivity contribution in [2.24, 2.45) is 0 Å². The molecule has 0 bridgehead atoms. The minimum absolute atomic E-state index is 0. The zero-order valence-electron chi connectivity index (χ0n) is 3.61. The summed E-state index contributed by atoms with van der Waals surface area (Å²) < 4.78 is 57.5. The molecule has 0 aliphatic carbocycles. The van der Waals surface area contributed by atoms with E-state index >= 15 is 0 Å². The molecular weight excluding hydrogens is 346 g/mol. The molecule has 0 heterocycles. The molecule has 0 spiro atoms. The molecule has 0 aromatic carbocycles. The summed E-state index contributed by atoms with van der Waals surface area (Å²) in [7, 11) is -5.84. The van der Waals surface area contributed by atoms with Crippen LogP contribution in [0.5, 0.6) is 0 Å². The van der Waals surface area contributed by atoms with E-state index in [2.05, 4.69) is 0 Å². The summed E-state index contributed by atoms with van der Waals surface area (Å²) >= 11 is 0. The number of hydrogen-bond donors (Lipinski definition) is 1. The van der Waals surface area contributed by atoms with Crippen LogP contribution in [0.1, 0.15) is 0 Å². The van der Waals surface area contributed by atoms with Crippen molar-refractivity contribution in [3.8, 4) is 0 Å². The Kier molecular flexibility index (Phi) is 4.08. The summed E-state index contributed by atoms with van der Waals surface area (Å²) in [5, 5.41) is 0. The maximum Gasteiger partial charge on any atom is 1.00 e. The van der Waals surface area contributed by atoms with Crippen LogP contribution in [0.25, 0.3) is 0 Å². The van der Waals surface area contributed by atoms with Crippen LogP contribution in [0.15, 0.2) is 0 Å². The summed E-state index contributed by atoms with van der Waals surface area (Å²) in [4.78, 5) is 0. The first-order valence-corrected chi connectivity index (χ1v) is 2.73. The van der Waals surface area contributed by atoms with Crippen LogP contribution < -0.4 is 0 Å². The summed E-state index contributed by atoms with van der Waals surface area (Å²) in [5.41, 5.74) is -5.53. The van der Waals surface area contributed by atoms with E-state index in [9.17, 15) is 13.2 Å². The van der Waals surface area contributed by atoms with Crippen LogP contribution in [0.2, 0.25) is 0 Å². The smallest absolute Gasteiger partial charge is 0.279 e. The van der Waals surface area contributed by atoms with E-state index in [1.807, 2.05) is 0 Å². The van der Waals surface area contributed by atoms with Gasteiger partial charge in [0.1, 0.15) is 0 Å². The topological polar surface area (TPSA) is 54.4 Å². The number of rotatable bonds is 0. The van der Waals surface area contributed by atoms with Gasteiger partial charge in [0.05, 0.1) is 0 Å². The van der Waals surface area contributed by atoms with E-state index in [-0.39, 0.29) is 22.4 Å². The molecule has 0 saturated carbocycles. The normalized spacial score (nSPS) is 12.4. The van der Waals surface area contributed by atoms with Crippen molar-refractivity contribution in [3.63, 3.8) is 0 Å². The maximum atomic E-state index is 10.7. The van der Waals surface area contributed by atoms with Crippen molar-refractivity contribution in [2.75, 3.05) is 0 Å². The standard InChI is InChI=1S/CHF3O3S.Au/c2-1(3,4)8(5,6)7;/h(H,5,6,7);/q;+1. The van der Waals surface area contributed by atoms with E-state index in [0.717, 1.165) is 0 Å². The molecule has 3 nitrogen and oxygen atoms in total. The van der Waals surface area contributed by atoms with Crippen LogP contribution in [-0.4, -0.2) is 18.5 Å². The van der Waals surface area contributed by atoms with Crippen molar-refractivity contribution in [1.29, 1.82) is 0 Å². The molecule has 0 aromatic heterocycles. The van der Waals surface area contributed by atoms with Gasteiger partial charge in [-0.3, -0.25) is 4.55 Å². The third kappa shape index (κ3) is 3.93. The summed E-state index contributed by atoms with van der Waals surface area (Å²) in [5.74, 6) is 0. The van der Waals surface area contributed by atoms with Gasteiger partial charge < -0.3 is 0 Å². The molecular formula is CHAuF3O3S+. The molecule has 0 amide bonds. The van der Waals surface area contributed by atoms with E-state index in [1.54, 1.807) is 0 Å². The van der Waals surface area contributed by atoms with Gasteiger partial charge in [0.25, 0.3) is 0 Å². The van der Waals surface area contributed by atoms with Gasteiger partial charge in [-0.2, -0.15) is 21.6 Å². The van der Waals surface area contributed by atoms with E-state index in [4.69, 9.17) is 13.0 Å². The predicted molar refractivity (Wildman–Crippen MR) is 17.6 cm³/mol. The average molecular weight is 347 g/mol. The largest absolute Gasteiger partial charge is 1.00 e. The summed E-state index contributed by atoms with van der Waals surface area (Å²) in [6, 6.07) is 0. The number of halogens is 3. The zero-order valence-corrected chi connectivity index (χ0v) is 6.59. The Hall–Kier alpha value is 0.440. The molecule has 60 valence electrons. The van der Waals surface area contributed by atoms with Gasteiger partial charge in [0.2, 0.25) is 0 Å². The Balaban J connectivity index is 0. The van der Waals surface area contributed by atoms with E-state index in [0.29, 0.717) is 0 Å². The van der Waals surface area contributed by atoms with Crippen LogP contribution in [0.3, 0.4) is 0 Å². The minimum atomic E-state index is -5.84. The Morgan fingerprint density at radius 1 is 1.22 bits per heavy atom. The monoisotopic (exact) mass is 347 g/mol. The third-order valence-electron chi connectivity index (χ3n) is 0.292. The van der Waals surface area contributed by atoms with Crippen LogP contribution >= 0.6 is 0 Å². The summed E-state index contributed by atoms with van der Waals surface area (Å²) in [6.45, 7) is 0. The molecule has 0 aliphatic heterocycles. The van der Waals surface area contributed by atoms with E-state index < -0.39 is 15.6 Å². The molecule has 8 heteroatoms. The molecule has 0 rings (SSSR count). The maximum absolute atomic E-state index is 10.7. The first-order valence-electron chi connectivity index (χ1n) is 1.29. The molecule has 0 saturated heterocycles. The fourth-order valence-electron chi connectivity index (χ4n) is 0. The third-order valence-corrected chi connectivity index (χ3v) is 0.877. The van der Waals surface area contributed by atoms with Crippen LogP contribution in [0, 0.1) is 0 Å². The minimum Gasteiger partial charge on any atom is -0.279 e. The van der Waals surface area contributed by atoms with Crippen LogP contribution in [0.4, 0.5) is 13.2 Å². The Labute approximate surface area is 64.5 Å². The SMILES string of the molecule is O=S(=O)(O)C(F)(F)F.[Au+]. The van der Waals surface area contributed by atoms with Crippen molar-refractivity contribution >= 4 is 10.1 Å². The van der Waals surface area contributed by atoms with Crippen molar-refractivity contribution in [2.45, 2.75) is 5.51 Å². The molecule has 0 atom stereocenters. The molecule has 0 radical (unpaired) electrons. The quantitative estimate of drug-likeness (QED) is 0.392. The Morgan fingerprint density at radius 3 is 1.33 bits per heavy atom. The number of hydrogen-bond acceptors (Lipinski definition) is 2. The number of alkyl halides is 3. The molecule has 9 heavy (non-hydrogen) atoms. The average Bonchev–Trinajstić information content (AvgIpc) is 1.25. The second-order valence-electron chi connectivity index (χ2n) is 0.921. The van der Waals surface area contributed by atoms with Crippen molar-refractivity contribution in [1.82, 2.24) is 0 Å². The second-order valence-corrected chi connectivity index (χ2v) is 2.33. The molecule has 0 fully saturated rings. The fourth-order valence-corrected chi connectivity index (χ4v) is 0. The molecule has 0 aromatic rings. The molecule has 0 aliphatic rings. The molecule has 1 N–H and O–H groups in total. The first kappa shape index (κ1) is 12.1. The van der Waals surface area contributed by atoms with Gasteiger partial charge in [0, 0.05) is 0 Å². The van der Waals surface area contributed by atoms with Crippen molar-refractivity contribution in [3.05, 3.63) is 0 Å². The van der Waals surface area contributed by atoms with Gasteiger partial charge in [-0.1, -0.05) is 0 Å². The Morgan fingerprint density at radius 2 is 1.33 bits per heavy atom. The fraction of sp³-hybridized carbons (Fsp3) is 1.00. The Bertz CT molecular complexity index is 168. The second kappa shape index (κ2) is 3.02. The first-order chi connectivity index (χ1) is 3.25. The van der Waals surface area contributed by atoms with Gasteiger partial charge in [-0.15, -0.1) is 0 Å². The van der Waals surface area contributed by atoms with Gasteiger partial charge in [-0.05, 0) is 0 Å². The summed E-state index contributed by atoms with van der Waals surface area (Å²) in [6.07, 6.45) is 0. The predicted octanol–water partition coefficient (Wildman–Crippen LogP) is 0.392. The van der Waals surface area contributed by atoms with E-state index in [1.165, 1.54) is 0 Å². The molecule has 0 unspecified atom stereocenters. The van der Waals surface area contributed by atoms with Gasteiger partial charge in [0.15, 0.2) is 0 Å². The van der Waals surface area contributed by atoms with Crippen molar-refractivity contribution < 1.29 is 48.5 Å².